The number of nitrogens with zero attached hydrogens (tertiary/aromatic N) is 2. The average Bonchev–Trinajstić information content (AvgIpc) is 2.96. The molecule has 0 aromatic carbocycles. The second-order valence-electron chi connectivity index (χ2n) is 6.26. The molecular formula is C17H31N3. The maximum absolute atomic E-state index is 4.84. The first-order valence-electron chi connectivity index (χ1n) is 8.58. The molecule has 3 heteroatoms. The van der Waals surface area contributed by atoms with Gasteiger partial charge in [-0.15, -0.1) is 0 Å². The molecule has 114 valence electrons. The number of hydrogen-bond acceptors (Lipinski definition) is 2. The van der Waals surface area contributed by atoms with Crippen LogP contribution in [0.1, 0.15) is 70.5 Å². The van der Waals surface area contributed by atoms with E-state index in [0.29, 0.717) is 6.04 Å². The molecule has 1 aliphatic carbocycles. The van der Waals surface area contributed by atoms with E-state index in [-0.39, 0.29) is 0 Å². The zero-order valence-electron chi connectivity index (χ0n) is 13.3. The molecule has 20 heavy (non-hydrogen) atoms. The Balaban J connectivity index is 1.84. The highest BCUT2D eigenvalue weighted by Crippen LogP contribution is 2.27. The Bertz CT molecular complexity index is 366. The van der Waals surface area contributed by atoms with Gasteiger partial charge in [0, 0.05) is 6.20 Å². The Hall–Kier alpha value is -0.830. The van der Waals surface area contributed by atoms with Crippen LogP contribution in [0.4, 0.5) is 0 Å². The summed E-state index contributed by atoms with van der Waals surface area (Å²) in [5, 5.41) is 8.38. The summed E-state index contributed by atoms with van der Waals surface area (Å²) < 4.78 is 2.24. The molecule has 0 saturated heterocycles. The first kappa shape index (κ1) is 15.6. The number of hydrogen-bond donors (Lipinski definition) is 1. The van der Waals surface area contributed by atoms with Crippen LogP contribution < -0.4 is 5.32 Å². The Labute approximate surface area is 124 Å². The van der Waals surface area contributed by atoms with Crippen molar-refractivity contribution < 1.29 is 0 Å². The monoisotopic (exact) mass is 277 g/mol. The summed E-state index contributed by atoms with van der Waals surface area (Å²) in [6.07, 6.45) is 12.6. The number of nitrogens with one attached hydrogen (secondary N) is 1. The summed E-state index contributed by atoms with van der Waals surface area (Å²) in [5.74, 6) is 0.719. The van der Waals surface area contributed by atoms with E-state index in [1.807, 2.05) is 0 Å². The highest BCUT2D eigenvalue weighted by molar-refractivity contribution is 5.01. The van der Waals surface area contributed by atoms with Crippen molar-refractivity contribution >= 4 is 0 Å². The Morgan fingerprint density at radius 3 is 2.80 bits per heavy atom. The Kier molecular flexibility index (Phi) is 6.58. The molecule has 1 aliphatic rings. The van der Waals surface area contributed by atoms with Crippen molar-refractivity contribution in [3.8, 4) is 0 Å². The van der Waals surface area contributed by atoms with Gasteiger partial charge in [0.05, 0.1) is 11.7 Å². The van der Waals surface area contributed by atoms with Crippen LogP contribution in [0.25, 0.3) is 0 Å². The van der Waals surface area contributed by atoms with E-state index in [1.54, 1.807) is 0 Å². The summed E-state index contributed by atoms with van der Waals surface area (Å²) in [7, 11) is 0. The van der Waals surface area contributed by atoms with Gasteiger partial charge in [-0.3, -0.25) is 4.68 Å². The highest BCUT2D eigenvalue weighted by Gasteiger charge is 2.16. The first-order chi connectivity index (χ1) is 9.83. The minimum Gasteiger partial charge on any atom is -0.316 e. The van der Waals surface area contributed by atoms with E-state index < -0.39 is 0 Å². The lowest BCUT2D eigenvalue weighted by Crippen LogP contribution is -2.24. The molecule has 3 nitrogen and oxygen atoms in total. The lowest BCUT2D eigenvalue weighted by molar-refractivity contribution is 0.327. The third-order valence-corrected chi connectivity index (χ3v) is 4.55. The lowest BCUT2D eigenvalue weighted by atomic mass is 9.96. The predicted molar refractivity (Wildman–Crippen MR) is 85.0 cm³/mol. The first-order valence-corrected chi connectivity index (χ1v) is 8.58. The van der Waals surface area contributed by atoms with Crippen molar-refractivity contribution in [3.05, 3.63) is 18.0 Å². The van der Waals surface area contributed by atoms with Gasteiger partial charge in [0.1, 0.15) is 0 Å². The molecule has 0 radical (unpaired) electrons. The molecule has 0 aliphatic heterocycles. The van der Waals surface area contributed by atoms with Crippen LogP contribution in [0.3, 0.4) is 0 Å². The van der Waals surface area contributed by atoms with Gasteiger partial charge >= 0.3 is 0 Å². The second-order valence-corrected chi connectivity index (χ2v) is 6.26. The molecule has 1 aromatic rings. The van der Waals surface area contributed by atoms with E-state index in [1.165, 1.54) is 50.6 Å². The molecular weight excluding hydrogens is 246 g/mol. The van der Waals surface area contributed by atoms with E-state index in [0.717, 1.165) is 25.4 Å². The van der Waals surface area contributed by atoms with Crippen LogP contribution in [-0.2, 0) is 6.42 Å². The molecule has 0 amide bonds. The van der Waals surface area contributed by atoms with Crippen molar-refractivity contribution in [2.24, 2.45) is 5.92 Å². The fourth-order valence-electron chi connectivity index (χ4n) is 3.17. The van der Waals surface area contributed by atoms with Gasteiger partial charge in [0.15, 0.2) is 0 Å². The van der Waals surface area contributed by atoms with E-state index in [9.17, 15) is 0 Å². The van der Waals surface area contributed by atoms with Gasteiger partial charge in [0.2, 0.25) is 0 Å². The van der Waals surface area contributed by atoms with Gasteiger partial charge in [-0.25, -0.2) is 0 Å². The molecule has 1 unspecified atom stereocenters. The molecule has 0 spiro atoms. The zero-order chi connectivity index (χ0) is 14.2. The fourth-order valence-corrected chi connectivity index (χ4v) is 3.17. The van der Waals surface area contributed by atoms with Crippen molar-refractivity contribution in [1.82, 2.24) is 15.1 Å². The van der Waals surface area contributed by atoms with E-state index in [4.69, 9.17) is 5.10 Å². The van der Waals surface area contributed by atoms with Gasteiger partial charge in [-0.05, 0) is 50.8 Å². The maximum atomic E-state index is 4.84. The topological polar surface area (TPSA) is 29.9 Å². The van der Waals surface area contributed by atoms with Crippen molar-refractivity contribution in [2.75, 3.05) is 13.1 Å². The van der Waals surface area contributed by atoms with Gasteiger partial charge in [0.25, 0.3) is 0 Å². The molecule has 0 bridgehead atoms. The van der Waals surface area contributed by atoms with Gasteiger partial charge in [-0.1, -0.05) is 39.5 Å². The molecule has 1 heterocycles. The minimum absolute atomic E-state index is 0.663. The molecule has 1 fully saturated rings. The summed E-state index contributed by atoms with van der Waals surface area (Å²) in [5.41, 5.74) is 1.28. The summed E-state index contributed by atoms with van der Waals surface area (Å²) in [6.45, 7) is 6.77. The van der Waals surface area contributed by atoms with Crippen LogP contribution in [-0.4, -0.2) is 22.9 Å². The standard InChI is InChI=1S/C17H31N3/c1-3-11-18-14-15(4-2)13-16-10-12-20(19-16)17-8-6-5-7-9-17/h10,12,15,17-18H,3-9,11,13-14H2,1-2H3. The SMILES string of the molecule is CCCNCC(CC)Cc1ccn(C2CCCCC2)n1. The quantitative estimate of drug-likeness (QED) is 0.729. The van der Waals surface area contributed by atoms with Crippen molar-refractivity contribution in [1.29, 1.82) is 0 Å². The van der Waals surface area contributed by atoms with Gasteiger partial charge in [-0.2, -0.15) is 5.10 Å². The second kappa shape index (κ2) is 8.46. The summed E-state index contributed by atoms with van der Waals surface area (Å²) in [4.78, 5) is 0. The average molecular weight is 277 g/mol. The smallest absolute Gasteiger partial charge is 0.0627 e. The third-order valence-electron chi connectivity index (χ3n) is 4.55. The van der Waals surface area contributed by atoms with Crippen LogP contribution in [0.15, 0.2) is 12.3 Å². The third kappa shape index (κ3) is 4.62. The zero-order valence-corrected chi connectivity index (χ0v) is 13.3. The van der Waals surface area contributed by atoms with E-state index in [2.05, 4.69) is 36.1 Å². The molecule has 1 aromatic heterocycles. The van der Waals surface area contributed by atoms with Crippen molar-refractivity contribution in [2.45, 2.75) is 71.3 Å². The largest absolute Gasteiger partial charge is 0.316 e. The Morgan fingerprint density at radius 1 is 1.30 bits per heavy atom. The van der Waals surface area contributed by atoms with E-state index >= 15 is 0 Å². The molecule has 1 atom stereocenters. The predicted octanol–water partition coefficient (Wildman–Crippen LogP) is 3.96. The number of aromatic nitrogens is 2. The summed E-state index contributed by atoms with van der Waals surface area (Å²) in [6, 6.07) is 2.90. The Morgan fingerprint density at radius 2 is 2.10 bits per heavy atom. The molecule has 1 N–H and O–H groups in total. The van der Waals surface area contributed by atoms with Crippen LogP contribution >= 0.6 is 0 Å². The highest BCUT2D eigenvalue weighted by atomic mass is 15.3. The maximum Gasteiger partial charge on any atom is 0.0627 e. The normalized spacial score (nSPS) is 18.3. The summed E-state index contributed by atoms with van der Waals surface area (Å²) >= 11 is 0. The van der Waals surface area contributed by atoms with Crippen LogP contribution in [0.5, 0.6) is 0 Å². The van der Waals surface area contributed by atoms with Gasteiger partial charge < -0.3 is 5.32 Å². The van der Waals surface area contributed by atoms with Crippen molar-refractivity contribution in [3.63, 3.8) is 0 Å². The minimum atomic E-state index is 0.663. The fraction of sp³-hybridized carbons (Fsp3) is 0.824. The van der Waals surface area contributed by atoms with Crippen LogP contribution in [0, 0.1) is 5.92 Å². The molecule has 1 saturated carbocycles. The number of rotatable bonds is 8. The molecule has 2 rings (SSSR count). The van der Waals surface area contributed by atoms with Crippen LogP contribution in [0.2, 0.25) is 0 Å². The lowest BCUT2D eigenvalue weighted by Gasteiger charge is -2.22.